The van der Waals surface area contributed by atoms with Crippen LogP contribution >= 0.6 is 11.6 Å². The average Bonchev–Trinajstić information content (AvgIpc) is 3.13. The van der Waals surface area contributed by atoms with Gasteiger partial charge in [-0.3, -0.25) is 9.59 Å². The summed E-state index contributed by atoms with van der Waals surface area (Å²) in [7, 11) is 0. The van der Waals surface area contributed by atoms with E-state index in [1.165, 1.54) is 0 Å². The van der Waals surface area contributed by atoms with Crippen LogP contribution in [0.5, 0.6) is 5.75 Å². The van der Waals surface area contributed by atoms with Crippen LogP contribution in [-0.2, 0) is 9.59 Å². The number of rotatable bonds is 4. The Kier molecular flexibility index (Phi) is 5.36. The third-order valence-corrected chi connectivity index (χ3v) is 5.52. The molecule has 0 radical (unpaired) electrons. The number of hydrogen-bond donors (Lipinski definition) is 0. The molecule has 1 heterocycles. The van der Waals surface area contributed by atoms with Gasteiger partial charge in [0, 0.05) is 29.2 Å². The number of ether oxygens (including phenoxy) is 1. The van der Waals surface area contributed by atoms with Gasteiger partial charge in [-0.05, 0) is 36.2 Å². The molecule has 3 aromatic rings. The third-order valence-electron chi connectivity index (χ3n) is 5.11. The lowest BCUT2D eigenvalue weighted by Gasteiger charge is -2.17. The van der Waals surface area contributed by atoms with Crippen LogP contribution in [0.25, 0.3) is 11.1 Å². The van der Waals surface area contributed by atoms with Gasteiger partial charge in [0.1, 0.15) is 5.75 Å². The van der Waals surface area contributed by atoms with E-state index in [1.54, 1.807) is 17.0 Å². The van der Waals surface area contributed by atoms with Gasteiger partial charge >= 0.3 is 5.97 Å². The number of esters is 1. The van der Waals surface area contributed by atoms with Crippen molar-refractivity contribution in [3.05, 3.63) is 83.4 Å². The highest BCUT2D eigenvalue weighted by Crippen LogP contribution is 2.32. The highest BCUT2D eigenvalue weighted by atomic mass is 35.5. The molecule has 0 unspecified atom stereocenters. The number of amides is 1. The van der Waals surface area contributed by atoms with Crippen molar-refractivity contribution >= 4 is 29.2 Å². The molecular weight excluding hydrogens is 386 g/mol. The van der Waals surface area contributed by atoms with Crippen molar-refractivity contribution in [2.24, 2.45) is 5.92 Å². The minimum atomic E-state index is -0.522. The zero-order valence-corrected chi connectivity index (χ0v) is 16.7. The molecule has 146 valence electrons. The molecule has 5 heteroatoms. The second kappa shape index (κ2) is 8.10. The molecule has 0 bridgehead atoms. The predicted molar refractivity (Wildman–Crippen MR) is 114 cm³/mol. The lowest BCUT2D eigenvalue weighted by Crippen LogP contribution is -2.27. The summed E-state index contributed by atoms with van der Waals surface area (Å²) >= 11 is 6.19. The number of halogens is 1. The number of anilines is 1. The summed E-state index contributed by atoms with van der Waals surface area (Å²) in [5.41, 5.74) is 3.45. The van der Waals surface area contributed by atoms with Crippen LogP contribution in [-0.4, -0.2) is 18.4 Å². The number of carbonyl (C=O) groups is 2. The van der Waals surface area contributed by atoms with Crippen molar-refractivity contribution in [3.8, 4) is 16.9 Å². The highest BCUT2D eigenvalue weighted by Gasteiger charge is 2.36. The molecule has 0 saturated carbocycles. The summed E-state index contributed by atoms with van der Waals surface area (Å²) in [6.45, 7) is 2.19. The number of benzene rings is 3. The van der Waals surface area contributed by atoms with E-state index in [9.17, 15) is 9.59 Å². The Hall–Kier alpha value is -3.11. The fraction of sp³-hybridized carbons (Fsp3) is 0.167. The fourth-order valence-electron chi connectivity index (χ4n) is 3.47. The van der Waals surface area contributed by atoms with Crippen LogP contribution < -0.4 is 9.64 Å². The number of hydrogen-bond acceptors (Lipinski definition) is 3. The van der Waals surface area contributed by atoms with E-state index in [1.807, 2.05) is 67.6 Å². The summed E-state index contributed by atoms with van der Waals surface area (Å²) in [5.74, 6) is -0.537. The largest absolute Gasteiger partial charge is 0.426 e. The van der Waals surface area contributed by atoms with Crippen molar-refractivity contribution in [1.29, 1.82) is 0 Å². The Balaban J connectivity index is 1.52. The molecular formula is C24H20ClNO3. The van der Waals surface area contributed by atoms with E-state index < -0.39 is 11.9 Å². The third kappa shape index (κ3) is 4.03. The van der Waals surface area contributed by atoms with Crippen molar-refractivity contribution in [2.75, 3.05) is 11.4 Å². The first-order valence-electron chi connectivity index (χ1n) is 9.45. The Morgan fingerprint density at radius 2 is 1.76 bits per heavy atom. The van der Waals surface area contributed by atoms with E-state index in [-0.39, 0.29) is 18.9 Å². The monoisotopic (exact) mass is 405 g/mol. The van der Waals surface area contributed by atoms with Crippen LogP contribution in [0, 0.1) is 12.8 Å². The lowest BCUT2D eigenvalue weighted by atomic mass is 10.0. The highest BCUT2D eigenvalue weighted by molar-refractivity contribution is 6.31. The number of aryl methyl sites for hydroxylation is 1. The molecule has 1 atom stereocenters. The van der Waals surface area contributed by atoms with Gasteiger partial charge in [0.05, 0.1) is 5.92 Å². The van der Waals surface area contributed by atoms with E-state index in [4.69, 9.17) is 16.3 Å². The second-order valence-corrected chi connectivity index (χ2v) is 7.53. The molecule has 1 amide bonds. The van der Waals surface area contributed by atoms with Gasteiger partial charge in [0.15, 0.2) is 0 Å². The van der Waals surface area contributed by atoms with Crippen LogP contribution in [0.2, 0.25) is 5.02 Å². The second-order valence-electron chi connectivity index (χ2n) is 7.12. The van der Waals surface area contributed by atoms with Gasteiger partial charge in [-0.15, -0.1) is 0 Å². The number of para-hydroxylation sites is 1. The van der Waals surface area contributed by atoms with Crippen molar-refractivity contribution < 1.29 is 14.3 Å². The zero-order chi connectivity index (χ0) is 20.4. The maximum atomic E-state index is 12.8. The molecule has 0 spiro atoms. The fourth-order valence-corrected chi connectivity index (χ4v) is 3.64. The predicted octanol–water partition coefficient (Wildman–Crippen LogP) is 5.27. The van der Waals surface area contributed by atoms with Crippen molar-refractivity contribution in [1.82, 2.24) is 0 Å². The van der Waals surface area contributed by atoms with Gasteiger partial charge in [-0.2, -0.15) is 0 Å². The first kappa shape index (κ1) is 19.2. The molecule has 0 aromatic heterocycles. The first-order valence-corrected chi connectivity index (χ1v) is 9.83. The molecule has 1 fully saturated rings. The standard InChI is InChI=1S/C24H20ClNO3/c1-16-11-12-19(14-21(16)25)26-15-18(13-23(26)27)24(28)29-22-10-6-5-9-20(22)17-7-3-2-4-8-17/h2-12,14,18H,13,15H2,1H3/t18-/m0/s1. The Labute approximate surface area is 174 Å². The molecule has 1 aliphatic rings. The zero-order valence-electron chi connectivity index (χ0n) is 16.0. The van der Waals surface area contributed by atoms with E-state index in [0.717, 1.165) is 16.7 Å². The molecule has 0 aliphatic carbocycles. The minimum Gasteiger partial charge on any atom is -0.426 e. The Morgan fingerprint density at radius 1 is 1.03 bits per heavy atom. The molecule has 0 N–H and O–H groups in total. The van der Waals surface area contributed by atoms with Gasteiger partial charge < -0.3 is 9.64 Å². The molecule has 3 aromatic carbocycles. The molecule has 1 saturated heterocycles. The summed E-state index contributed by atoms with van der Waals surface area (Å²) in [6, 6.07) is 22.6. The van der Waals surface area contributed by atoms with Gasteiger partial charge in [0.25, 0.3) is 0 Å². The SMILES string of the molecule is Cc1ccc(N2C[C@@H](C(=O)Oc3ccccc3-c3ccccc3)CC2=O)cc1Cl. The average molecular weight is 406 g/mol. The Morgan fingerprint density at radius 3 is 2.52 bits per heavy atom. The first-order chi connectivity index (χ1) is 14.0. The van der Waals surface area contributed by atoms with Gasteiger partial charge in [0.2, 0.25) is 5.91 Å². The number of carbonyl (C=O) groups excluding carboxylic acids is 2. The normalized spacial score (nSPS) is 16.1. The smallest absolute Gasteiger partial charge is 0.316 e. The molecule has 1 aliphatic heterocycles. The minimum absolute atomic E-state index is 0.108. The summed E-state index contributed by atoms with van der Waals surface area (Å²) in [4.78, 5) is 26.9. The van der Waals surface area contributed by atoms with E-state index in [0.29, 0.717) is 16.5 Å². The maximum Gasteiger partial charge on any atom is 0.316 e. The van der Waals surface area contributed by atoms with Crippen LogP contribution in [0.15, 0.2) is 72.8 Å². The summed E-state index contributed by atoms with van der Waals surface area (Å²) in [5, 5.41) is 0.595. The lowest BCUT2D eigenvalue weighted by molar-refractivity contribution is -0.139. The van der Waals surface area contributed by atoms with Crippen LogP contribution in [0.4, 0.5) is 5.69 Å². The topological polar surface area (TPSA) is 46.6 Å². The number of nitrogens with zero attached hydrogens (tertiary/aromatic N) is 1. The molecule has 4 rings (SSSR count). The van der Waals surface area contributed by atoms with Crippen molar-refractivity contribution in [2.45, 2.75) is 13.3 Å². The molecule has 4 nitrogen and oxygen atoms in total. The van der Waals surface area contributed by atoms with Crippen LogP contribution in [0.1, 0.15) is 12.0 Å². The Bertz CT molecular complexity index is 1060. The van der Waals surface area contributed by atoms with E-state index in [2.05, 4.69) is 0 Å². The van der Waals surface area contributed by atoms with E-state index >= 15 is 0 Å². The van der Waals surface area contributed by atoms with Gasteiger partial charge in [-0.25, -0.2) is 0 Å². The maximum absolute atomic E-state index is 12.8. The summed E-state index contributed by atoms with van der Waals surface area (Å²) < 4.78 is 5.72. The van der Waals surface area contributed by atoms with Crippen molar-refractivity contribution in [3.63, 3.8) is 0 Å². The summed E-state index contributed by atoms with van der Waals surface area (Å²) in [6.07, 6.45) is 0.123. The quantitative estimate of drug-likeness (QED) is 0.438. The van der Waals surface area contributed by atoms with Crippen LogP contribution in [0.3, 0.4) is 0 Å². The molecule has 29 heavy (non-hydrogen) atoms. The van der Waals surface area contributed by atoms with Gasteiger partial charge in [-0.1, -0.05) is 66.2 Å².